The van der Waals surface area contributed by atoms with Crippen LogP contribution in [0.25, 0.3) is 0 Å². The molecule has 6 heteroatoms. The molecule has 0 fully saturated rings. The number of aromatic carboxylic acids is 1. The zero-order chi connectivity index (χ0) is 16.4. The molecule has 0 saturated carbocycles. The van der Waals surface area contributed by atoms with E-state index < -0.39 is 5.97 Å². The molecule has 1 aliphatic carbocycles. The number of carbonyl (C=O) groups is 2. The summed E-state index contributed by atoms with van der Waals surface area (Å²) in [5, 5.41) is 14.6. The zero-order valence-corrected chi connectivity index (χ0v) is 13.5. The van der Waals surface area contributed by atoms with Crippen LogP contribution in [0.3, 0.4) is 0 Å². The van der Waals surface area contributed by atoms with Gasteiger partial charge in [0, 0.05) is 16.0 Å². The number of carboxylic acids is 1. The van der Waals surface area contributed by atoms with Gasteiger partial charge in [-0.1, -0.05) is 6.07 Å². The summed E-state index contributed by atoms with van der Waals surface area (Å²) in [5.41, 5.74) is 1.38. The van der Waals surface area contributed by atoms with Crippen LogP contribution in [0.4, 0.5) is 5.00 Å². The van der Waals surface area contributed by atoms with Crippen LogP contribution in [-0.4, -0.2) is 19.0 Å². The molecule has 1 amide bonds. The van der Waals surface area contributed by atoms with E-state index in [1.54, 1.807) is 24.3 Å². The summed E-state index contributed by atoms with van der Waals surface area (Å²) in [5.74, 6) is -1.02. The summed E-state index contributed by atoms with van der Waals surface area (Å²) in [6.45, 7) is 0. The number of hydrogen-bond donors (Lipinski definition) is 1. The Morgan fingerprint density at radius 1 is 1.26 bits per heavy atom. The number of benzene rings is 1. The quantitative estimate of drug-likeness (QED) is 0.932. The number of hydrogen-bond acceptors (Lipinski definition) is 5. The third kappa shape index (κ3) is 3.07. The number of ether oxygens (including phenoxy) is 1. The average molecular weight is 330 g/mol. The van der Waals surface area contributed by atoms with Crippen LogP contribution in [0.1, 0.15) is 44.0 Å². The standard InChI is InChI=1S/C17H17NO4S/c1-22-11-6-4-5-10(9-11)15(19)18-16-14(17(20)21)12-7-2-3-8-13(12)23-16/h4-6,9H,2-3,7-8H2,1H3,(H,18,19)(H,20,21)/p-1. The van der Waals surface area contributed by atoms with Crippen molar-refractivity contribution in [2.24, 2.45) is 0 Å². The highest BCUT2D eigenvalue weighted by Crippen LogP contribution is 2.38. The minimum absolute atomic E-state index is 0.140. The third-order valence-electron chi connectivity index (χ3n) is 3.93. The number of amides is 1. The van der Waals surface area contributed by atoms with Gasteiger partial charge in [0.05, 0.1) is 13.1 Å². The maximum Gasteiger partial charge on any atom is 0.256 e. The lowest BCUT2D eigenvalue weighted by molar-refractivity contribution is -0.254. The Morgan fingerprint density at radius 2 is 2.04 bits per heavy atom. The van der Waals surface area contributed by atoms with Gasteiger partial charge in [0.25, 0.3) is 5.91 Å². The van der Waals surface area contributed by atoms with Gasteiger partial charge >= 0.3 is 0 Å². The van der Waals surface area contributed by atoms with Crippen LogP contribution in [0, 0.1) is 0 Å². The smallest absolute Gasteiger partial charge is 0.256 e. The van der Waals surface area contributed by atoms with Crippen molar-refractivity contribution in [1.29, 1.82) is 0 Å². The van der Waals surface area contributed by atoms with Crippen LogP contribution >= 0.6 is 11.3 Å². The van der Waals surface area contributed by atoms with E-state index in [-0.39, 0.29) is 11.5 Å². The van der Waals surface area contributed by atoms with Crippen molar-refractivity contribution in [3.63, 3.8) is 0 Å². The molecule has 23 heavy (non-hydrogen) atoms. The van der Waals surface area contributed by atoms with E-state index in [0.717, 1.165) is 36.1 Å². The average Bonchev–Trinajstić information content (AvgIpc) is 2.92. The highest BCUT2D eigenvalue weighted by molar-refractivity contribution is 7.17. The van der Waals surface area contributed by atoms with Crippen molar-refractivity contribution in [3.05, 3.63) is 45.8 Å². The molecule has 3 rings (SSSR count). The van der Waals surface area contributed by atoms with Gasteiger partial charge in [0.1, 0.15) is 10.8 Å². The second kappa shape index (κ2) is 6.42. The maximum atomic E-state index is 12.4. The Hall–Kier alpha value is -2.34. The number of anilines is 1. The van der Waals surface area contributed by atoms with E-state index in [1.165, 1.54) is 18.4 Å². The summed E-state index contributed by atoms with van der Waals surface area (Å²) < 4.78 is 5.10. The van der Waals surface area contributed by atoms with Crippen LogP contribution in [-0.2, 0) is 12.8 Å². The molecule has 1 aromatic heterocycles. The monoisotopic (exact) mass is 330 g/mol. The molecule has 120 valence electrons. The van der Waals surface area contributed by atoms with Crippen molar-refractivity contribution >= 4 is 28.2 Å². The summed E-state index contributed by atoms with van der Waals surface area (Å²) in [6.07, 6.45) is 3.59. The van der Waals surface area contributed by atoms with E-state index in [1.807, 2.05) is 0 Å². The second-order valence-electron chi connectivity index (χ2n) is 5.39. The van der Waals surface area contributed by atoms with E-state index in [2.05, 4.69) is 5.32 Å². The van der Waals surface area contributed by atoms with Crippen molar-refractivity contribution < 1.29 is 19.4 Å². The number of aryl methyl sites for hydroxylation is 1. The lowest BCUT2D eigenvalue weighted by atomic mass is 9.95. The maximum absolute atomic E-state index is 12.4. The molecule has 1 N–H and O–H groups in total. The molecule has 0 unspecified atom stereocenters. The van der Waals surface area contributed by atoms with E-state index in [9.17, 15) is 14.7 Å². The number of carboxylic acid groups (broad SMARTS) is 1. The first-order valence-corrected chi connectivity index (χ1v) is 8.23. The molecule has 0 bridgehead atoms. The summed E-state index contributed by atoms with van der Waals surface area (Å²) in [6, 6.07) is 6.73. The largest absolute Gasteiger partial charge is 0.545 e. The number of thiophene rings is 1. The Kier molecular flexibility index (Phi) is 4.34. The van der Waals surface area contributed by atoms with Gasteiger partial charge in [-0.2, -0.15) is 0 Å². The van der Waals surface area contributed by atoms with Gasteiger partial charge in [-0.3, -0.25) is 4.79 Å². The predicted octanol–water partition coefficient (Wildman–Crippen LogP) is 2.25. The molecule has 1 aromatic carbocycles. The first kappa shape index (κ1) is 15.6. The fraction of sp³-hybridized carbons (Fsp3) is 0.294. The Bertz CT molecular complexity index is 766. The molecule has 0 aliphatic heterocycles. The highest BCUT2D eigenvalue weighted by Gasteiger charge is 2.22. The van der Waals surface area contributed by atoms with Crippen LogP contribution in [0.5, 0.6) is 5.75 Å². The Balaban J connectivity index is 1.91. The fourth-order valence-electron chi connectivity index (χ4n) is 2.81. The van der Waals surface area contributed by atoms with Gasteiger partial charge in [-0.25, -0.2) is 0 Å². The van der Waals surface area contributed by atoms with E-state index in [4.69, 9.17) is 4.74 Å². The van der Waals surface area contributed by atoms with Gasteiger partial charge in [0.2, 0.25) is 0 Å². The predicted molar refractivity (Wildman–Crippen MR) is 86.2 cm³/mol. The van der Waals surface area contributed by atoms with Crippen molar-refractivity contribution in [2.45, 2.75) is 25.7 Å². The molecule has 0 radical (unpaired) electrons. The van der Waals surface area contributed by atoms with Gasteiger partial charge in [-0.15, -0.1) is 11.3 Å². The lowest BCUT2D eigenvalue weighted by Crippen LogP contribution is -2.25. The van der Waals surface area contributed by atoms with Crippen LogP contribution in [0.15, 0.2) is 24.3 Å². The van der Waals surface area contributed by atoms with Crippen molar-refractivity contribution in [2.75, 3.05) is 12.4 Å². The molecule has 1 aliphatic rings. The minimum Gasteiger partial charge on any atom is -0.545 e. The molecular weight excluding hydrogens is 314 g/mol. The van der Waals surface area contributed by atoms with Gasteiger partial charge in [-0.05, 0) is 49.4 Å². The minimum atomic E-state index is -1.23. The van der Waals surface area contributed by atoms with Crippen molar-refractivity contribution in [3.8, 4) is 5.75 Å². The van der Waals surface area contributed by atoms with Crippen LogP contribution < -0.4 is 15.2 Å². The Labute approximate surface area is 137 Å². The number of carbonyl (C=O) groups excluding carboxylic acids is 2. The third-order valence-corrected chi connectivity index (χ3v) is 5.14. The van der Waals surface area contributed by atoms with Crippen LogP contribution in [0.2, 0.25) is 0 Å². The molecule has 0 saturated heterocycles. The first-order chi connectivity index (χ1) is 11.1. The molecule has 2 aromatic rings. The topological polar surface area (TPSA) is 78.5 Å². The van der Waals surface area contributed by atoms with Crippen molar-refractivity contribution in [1.82, 2.24) is 0 Å². The molecule has 5 nitrogen and oxygen atoms in total. The number of rotatable bonds is 4. The second-order valence-corrected chi connectivity index (χ2v) is 6.49. The molecule has 0 atom stereocenters. The SMILES string of the molecule is COc1cccc(C(=O)Nc2sc3c(c2C(=O)[O-])CCCC3)c1. The Morgan fingerprint density at radius 3 is 2.78 bits per heavy atom. The van der Waals surface area contributed by atoms with Gasteiger partial charge in [0.15, 0.2) is 0 Å². The number of nitrogens with one attached hydrogen (secondary N) is 1. The summed E-state index contributed by atoms with van der Waals surface area (Å²) in [7, 11) is 1.53. The van der Waals surface area contributed by atoms with Gasteiger partial charge < -0.3 is 20.0 Å². The van der Waals surface area contributed by atoms with E-state index in [0.29, 0.717) is 16.3 Å². The highest BCUT2D eigenvalue weighted by atomic mass is 32.1. The lowest BCUT2D eigenvalue weighted by Gasteiger charge is -2.13. The van der Waals surface area contributed by atoms with E-state index >= 15 is 0 Å². The fourth-order valence-corrected chi connectivity index (χ4v) is 4.08. The molecular formula is C17H16NO4S-. The molecule has 1 heterocycles. The summed E-state index contributed by atoms with van der Waals surface area (Å²) >= 11 is 1.34. The normalized spacial score (nSPS) is 13.3. The summed E-state index contributed by atoms with van der Waals surface area (Å²) in [4.78, 5) is 24.9. The molecule has 0 spiro atoms. The zero-order valence-electron chi connectivity index (χ0n) is 12.7. The number of fused-ring (bicyclic) bond motifs is 1. The number of methoxy groups -OCH3 is 1. The first-order valence-electron chi connectivity index (χ1n) is 7.41.